The van der Waals surface area contributed by atoms with E-state index in [1.165, 1.54) is 6.33 Å². The van der Waals surface area contributed by atoms with Crippen LogP contribution in [0.4, 0.5) is 5.82 Å². The van der Waals surface area contributed by atoms with E-state index in [1.807, 2.05) is 6.92 Å². The molecule has 0 unspecified atom stereocenters. The maximum atomic E-state index is 10.2. The molecule has 0 spiro atoms. The quantitative estimate of drug-likeness (QED) is 0.636. The summed E-state index contributed by atoms with van der Waals surface area (Å²) in [6.45, 7) is 2.87. The van der Waals surface area contributed by atoms with Crippen LogP contribution < -0.4 is 10.1 Å². The van der Waals surface area contributed by atoms with Crippen molar-refractivity contribution in [1.82, 2.24) is 9.97 Å². The summed E-state index contributed by atoms with van der Waals surface area (Å²) < 4.78 is 10.1. The van der Waals surface area contributed by atoms with Crippen LogP contribution in [-0.2, 0) is 9.53 Å². The van der Waals surface area contributed by atoms with Gasteiger partial charge in [-0.05, 0) is 6.92 Å². The Morgan fingerprint density at radius 2 is 2.35 bits per heavy atom. The van der Waals surface area contributed by atoms with Gasteiger partial charge in [-0.15, -0.1) is 0 Å². The topological polar surface area (TPSA) is 93.6 Å². The monoisotopic (exact) mass is 241 g/mol. The molecule has 1 aromatic rings. The van der Waals surface area contributed by atoms with Crippen molar-refractivity contribution in [3.63, 3.8) is 0 Å². The predicted octanol–water partition coefficient (Wildman–Crippen LogP) is 0.388. The minimum Gasteiger partial charge on any atom is -0.480 e. The first kappa shape index (κ1) is 13.2. The van der Waals surface area contributed by atoms with Crippen molar-refractivity contribution in [1.29, 1.82) is 0 Å². The summed E-state index contributed by atoms with van der Waals surface area (Å²) >= 11 is 0. The molecule has 0 aliphatic rings. The highest BCUT2D eigenvalue weighted by atomic mass is 16.5. The SMILES string of the molecule is CCOc1cc(NCCOCC(=O)O)ncn1. The fourth-order valence-electron chi connectivity index (χ4n) is 1.07. The van der Waals surface area contributed by atoms with Gasteiger partial charge in [-0.1, -0.05) is 0 Å². The van der Waals surface area contributed by atoms with Crippen molar-refractivity contribution in [2.24, 2.45) is 0 Å². The Kier molecular flexibility index (Phi) is 5.73. The Morgan fingerprint density at radius 1 is 1.53 bits per heavy atom. The lowest BCUT2D eigenvalue weighted by atomic mass is 10.5. The summed E-state index contributed by atoms with van der Waals surface area (Å²) in [5.74, 6) is 0.129. The van der Waals surface area contributed by atoms with Gasteiger partial charge in [0.05, 0.1) is 13.2 Å². The zero-order chi connectivity index (χ0) is 12.5. The van der Waals surface area contributed by atoms with Crippen LogP contribution in [0.5, 0.6) is 5.88 Å². The number of rotatable bonds is 8. The summed E-state index contributed by atoms with van der Waals surface area (Å²) in [4.78, 5) is 18.1. The molecular formula is C10H15N3O4. The Hall–Kier alpha value is -1.89. The Labute approximate surface area is 98.8 Å². The minimum absolute atomic E-state index is 0.292. The number of hydrogen-bond donors (Lipinski definition) is 2. The van der Waals surface area contributed by atoms with Crippen LogP contribution in [0.1, 0.15) is 6.92 Å². The Bertz CT molecular complexity index is 359. The minimum atomic E-state index is -0.981. The van der Waals surface area contributed by atoms with E-state index >= 15 is 0 Å². The van der Waals surface area contributed by atoms with Gasteiger partial charge in [-0.2, -0.15) is 0 Å². The second-order valence-corrected chi connectivity index (χ2v) is 3.05. The van der Waals surface area contributed by atoms with Crippen molar-refractivity contribution in [3.8, 4) is 5.88 Å². The number of aromatic nitrogens is 2. The van der Waals surface area contributed by atoms with E-state index in [-0.39, 0.29) is 6.61 Å². The van der Waals surface area contributed by atoms with Gasteiger partial charge >= 0.3 is 5.97 Å². The fourth-order valence-corrected chi connectivity index (χ4v) is 1.07. The molecule has 0 radical (unpaired) electrons. The molecule has 0 bridgehead atoms. The predicted molar refractivity (Wildman–Crippen MR) is 60.1 cm³/mol. The first-order valence-corrected chi connectivity index (χ1v) is 5.20. The molecular weight excluding hydrogens is 226 g/mol. The molecule has 7 heteroatoms. The number of hydrogen-bond acceptors (Lipinski definition) is 6. The molecule has 0 saturated carbocycles. The van der Waals surface area contributed by atoms with E-state index in [2.05, 4.69) is 15.3 Å². The van der Waals surface area contributed by atoms with Gasteiger partial charge in [0, 0.05) is 12.6 Å². The van der Waals surface area contributed by atoms with Gasteiger partial charge in [-0.25, -0.2) is 14.8 Å². The molecule has 0 fully saturated rings. The van der Waals surface area contributed by atoms with Gasteiger partial charge in [0.2, 0.25) is 5.88 Å². The van der Waals surface area contributed by atoms with Gasteiger partial charge in [0.1, 0.15) is 18.8 Å². The number of carboxylic acids is 1. The van der Waals surface area contributed by atoms with Crippen LogP contribution in [0.15, 0.2) is 12.4 Å². The van der Waals surface area contributed by atoms with E-state index in [0.717, 1.165) is 0 Å². The van der Waals surface area contributed by atoms with Crippen molar-refractivity contribution < 1.29 is 19.4 Å². The number of carbonyl (C=O) groups is 1. The van der Waals surface area contributed by atoms with Gasteiger partial charge in [0.15, 0.2) is 0 Å². The van der Waals surface area contributed by atoms with Crippen LogP contribution in [0, 0.1) is 0 Å². The molecule has 0 atom stereocenters. The standard InChI is InChI=1S/C10H15N3O4/c1-2-17-9-5-8(12-7-13-9)11-3-4-16-6-10(14)15/h5,7H,2-4,6H2,1H3,(H,14,15)(H,11,12,13). The molecule has 0 aromatic carbocycles. The van der Waals surface area contributed by atoms with Gasteiger partial charge < -0.3 is 19.9 Å². The molecule has 2 N–H and O–H groups in total. The van der Waals surface area contributed by atoms with E-state index in [4.69, 9.17) is 14.6 Å². The zero-order valence-corrected chi connectivity index (χ0v) is 9.55. The normalized spacial score (nSPS) is 9.94. The molecule has 1 rings (SSSR count). The van der Waals surface area contributed by atoms with Crippen molar-refractivity contribution in [3.05, 3.63) is 12.4 Å². The van der Waals surface area contributed by atoms with Crippen LogP contribution >= 0.6 is 0 Å². The van der Waals surface area contributed by atoms with E-state index < -0.39 is 5.97 Å². The molecule has 94 valence electrons. The van der Waals surface area contributed by atoms with E-state index in [0.29, 0.717) is 31.5 Å². The maximum absolute atomic E-state index is 10.2. The van der Waals surface area contributed by atoms with Crippen molar-refractivity contribution >= 4 is 11.8 Å². The summed E-state index contributed by atoms with van der Waals surface area (Å²) in [6.07, 6.45) is 1.39. The molecule has 1 aromatic heterocycles. The average molecular weight is 241 g/mol. The highest BCUT2D eigenvalue weighted by Crippen LogP contribution is 2.10. The van der Waals surface area contributed by atoms with Crippen molar-refractivity contribution in [2.45, 2.75) is 6.92 Å². The fraction of sp³-hybridized carbons (Fsp3) is 0.500. The smallest absolute Gasteiger partial charge is 0.329 e. The number of nitrogens with one attached hydrogen (secondary N) is 1. The molecule has 7 nitrogen and oxygen atoms in total. The summed E-state index contributed by atoms with van der Waals surface area (Å²) in [6, 6.07) is 1.67. The summed E-state index contributed by atoms with van der Waals surface area (Å²) in [5.41, 5.74) is 0. The van der Waals surface area contributed by atoms with Crippen LogP contribution in [0.2, 0.25) is 0 Å². The molecule has 1 heterocycles. The second-order valence-electron chi connectivity index (χ2n) is 3.05. The van der Waals surface area contributed by atoms with E-state index in [1.54, 1.807) is 6.07 Å². The lowest BCUT2D eigenvalue weighted by molar-refractivity contribution is -0.142. The van der Waals surface area contributed by atoms with Crippen LogP contribution in [0.3, 0.4) is 0 Å². The molecule has 17 heavy (non-hydrogen) atoms. The third-order valence-electron chi connectivity index (χ3n) is 1.71. The lowest BCUT2D eigenvalue weighted by Crippen LogP contribution is -2.14. The lowest BCUT2D eigenvalue weighted by Gasteiger charge is -2.06. The molecule has 0 aliphatic heterocycles. The summed E-state index contributed by atoms with van der Waals surface area (Å²) in [5, 5.41) is 11.3. The third kappa shape index (κ3) is 5.67. The summed E-state index contributed by atoms with van der Waals surface area (Å²) in [7, 11) is 0. The second kappa shape index (κ2) is 7.39. The highest BCUT2D eigenvalue weighted by molar-refractivity contribution is 5.67. The van der Waals surface area contributed by atoms with Crippen LogP contribution in [-0.4, -0.2) is 47.4 Å². The first-order chi connectivity index (χ1) is 8.22. The van der Waals surface area contributed by atoms with E-state index in [9.17, 15) is 4.79 Å². The number of nitrogens with zero attached hydrogens (tertiary/aromatic N) is 2. The Balaban J connectivity index is 2.26. The molecule has 0 aliphatic carbocycles. The van der Waals surface area contributed by atoms with Crippen LogP contribution in [0.25, 0.3) is 0 Å². The van der Waals surface area contributed by atoms with Gasteiger partial charge in [-0.3, -0.25) is 0 Å². The zero-order valence-electron chi connectivity index (χ0n) is 9.55. The van der Waals surface area contributed by atoms with Gasteiger partial charge in [0.25, 0.3) is 0 Å². The molecule has 0 amide bonds. The number of carboxylic acid groups (broad SMARTS) is 1. The number of anilines is 1. The maximum Gasteiger partial charge on any atom is 0.329 e. The highest BCUT2D eigenvalue weighted by Gasteiger charge is 1.99. The Morgan fingerprint density at radius 3 is 3.06 bits per heavy atom. The number of aliphatic carboxylic acids is 1. The largest absolute Gasteiger partial charge is 0.480 e. The first-order valence-electron chi connectivity index (χ1n) is 5.20. The van der Waals surface area contributed by atoms with Crippen molar-refractivity contribution in [2.75, 3.05) is 31.7 Å². The molecule has 0 saturated heterocycles. The third-order valence-corrected chi connectivity index (χ3v) is 1.71. The average Bonchev–Trinajstić information content (AvgIpc) is 2.29. The number of ether oxygens (including phenoxy) is 2.